The fourth-order valence-corrected chi connectivity index (χ4v) is 1.86. The Morgan fingerprint density at radius 3 is 2.13 bits per heavy atom. The average molecular weight is 226 g/mol. The molecule has 0 unspecified atom stereocenters. The molecule has 0 saturated carbocycles. The Kier molecular flexibility index (Phi) is 3.36. The van der Waals surface area contributed by atoms with Crippen molar-refractivity contribution < 1.29 is 13.2 Å². The zero-order chi connectivity index (χ0) is 11.5. The van der Waals surface area contributed by atoms with Crippen molar-refractivity contribution in [3.05, 3.63) is 24.3 Å². The number of sulfonamides is 1. The minimum Gasteiger partial charge on any atom is -0.211 e. The third-order valence-electron chi connectivity index (χ3n) is 1.79. The van der Waals surface area contributed by atoms with Crippen LogP contribution in [0.1, 0.15) is 0 Å². The van der Waals surface area contributed by atoms with E-state index >= 15 is 0 Å². The summed E-state index contributed by atoms with van der Waals surface area (Å²) in [7, 11) is -0.513. The Balaban J connectivity index is 3.15. The van der Waals surface area contributed by atoms with Gasteiger partial charge in [-0.05, 0) is 24.3 Å². The molecule has 0 amide bonds. The van der Waals surface area contributed by atoms with E-state index in [1.54, 1.807) is 0 Å². The van der Waals surface area contributed by atoms with Gasteiger partial charge >= 0.3 is 0 Å². The summed E-state index contributed by atoms with van der Waals surface area (Å²) < 4.78 is 24.4. The fourth-order valence-electron chi connectivity index (χ4n) is 0.956. The van der Waals surface area contributed by atoms with Crippen LogP contribution in [0.15, 0.2) is 34.2 Å². The topological polar surface area (TPSA) is 66.8 Å². The maximum atomic E-state index is 11.6. The number of isocyanates is 1. The highest BCUT2D eigenvalue weighted by Gasteiger charge is 2.16. The highest BCUT2D eigenvalue weighted by Crippen LogP contribution is 2.17. The van der Waals surface area contributed by atoms with Crippen LogP contribution in [0, 0.1) is 0 Å². The lowest BCUT2D eigenvalue weighted by Crippen LogP contribution is -2.21. The molecule has 0 N–H and O–H groups in total. The number of hydrogen-bond donors (Lipinski definition) is 0. The molecule has 0 radical (unpaired) electrons. The second-order valence-corrected chi connectivity index (χ2v) is 5.14. The van der Waals surface area contributed by atoms with Gasteiger partial charge in [0, 0.05) is 14.1 Å². The summed E-state index contributed by atoms with van der Waals surface area (Å²) in [6.45, 7) is 0. The van der Waals surface area contributed by atoms with Crippen molar-refractivity contribution in [1.82, 2.24) is 4.31 Å². The van der Waals surface area contributed by atoms with E-state index in [1.165, 1.54) is 44.4 Å². The molecule has 0 fully saturated rings. The van der Waals surface area contributed by atoms with E-state index in [2.05, 4.69) is 4.99 Å². The van der Waals surface area contributed by atoms with Crippen LogP contribution >= 0.6 is 0 Å². The second kappa shape index (κ2) is 4.35. The first-order valence-electron chi connectivity index (χ1n) is 4.09. The molecule has 1 aromatic rings. The Morgan fingerprint density at radius 1 is 1.20 bits per heavy atom. The SMILES string of the molecule is CN(C)S(=O)(=O)c1ccc(N=C=O)cc1. The van der Waals surface area contributed by atoms with Crippen molar-refractivity contribution in [3.63, 3.8) is 0 Å². The maximum Gasteiger partial charge on any atom is 0.242 e. The van der Waals surface area contributed by atoms with Crippen LogP contribution in [0.5, 0.6) is 0 Å². The van der Waals surface area contributed by atoms with Crippen LogP contribution in [-0.2, 0) is 14.8 Å². The summed E-state index contributed by atoms with van der Waals surface area (Å²) in [5, 5.41) is 0. The first kappa shape index (κ1) is 11.6. The smallest absolute Gasteiger partial charge is 0.211 e. The third-order valence-corrected chi connectivity index (χ3v) is 3.62. The normalized spacial score (nSPS) is 11.1. The average Bonchev–Trinajstić information content (AvgIpc) is 2.19. The van der Waals surface area contributed by atoms with Gasteiger partial charge < -0.3 is 0 Å². The molecule has 1 rings (SSSR count). The maximum absolute atomic E-state index is 11.6. The Labute approximate surface area is 88.1 Å². The first-order valence-corrected chi connectivity index (χ1v) is 5.53. The lowest BCUT2D eigenvalue weighted by atomic mass is 10.3. The van der Waals surface area contributed by atoms with Gasteiger partial charge in [0.1, 0.15) is 0 Å². The summed E-state index contributed by atoms with van der Waals surface area (Å²) >= 11 is 0. The van der Waals surface area contributed by atoms with Crippen molar-refractivity contribution in [1.29, 1.82) is 0 Å². The second-order valence-electron chi connectivity index (χ2n) is 2.98. The summed E-state index contributed by atoms with van der Waals surface area (Å²) in [6.07, 6.45) is 1.38. The molecule has 15 heavy (non-hydrogen) atoms. The van der Waals surface area contributed by atoms with Crippen LogP contribution in [0.4, 0.5) is 5.69 Å². The van der Waals surface area contributed by atoms with Crippen LogP contribution in [-0.4, -0.2) is 32.9 Å². The van der Waals surface area contributed by atoms with Crippen molar-refractivity contribution in [2.75, 3.05) is 14.1 Å². The fraction of sp³-hybridized carbons (Fsp3) is 0.222. The van der Waals surface area contributed by atoms with Gasteiger partial charge in [0.25, 0.3) is 0 Å². The Hall–Kier alpha value is -1.49. The molecule has 1 aromatic carbocycles. The van der Waals surface area contributed by atoms with Gasteiger partial charge in [0.05, 0.1) is 10.6 Å². The van der Waals surface area contributed by atoms with Crippen LogP contribution < -0.4 is 0 Å². The zero-order valence-corrected chi connectivity index (χ0v) is 9.15. The summed E-state index contributed by atoms with van der Waals surface area (Å²) in [6, 6.07) is 5.68. The number of rotatable bonds is 3. The molecule has 0 spiro atoms. The summed E-state index contributed by atoms with van der Waals surface area (Å²) in [5.74, 6) is 0. The van der Waals surface area contributed by atoms with Crippen LogP contribution in [0.25, 0.3) is 0 Å². The Morgan fingerprint density at radius 2 is 1.73 bits per heavy atom. The molecular formula is C9H10N2O3S. The van der Waals surface area contributed by atoms with Gasteiger partial charge in [-0.2, -0.15) is 4.99 Å². The molecule has 0 atom stereocenters. The molecule has 0 aliphatic carbocycles. The highest BCUT2D eigenvalue weighted by atomic mass is 32.2. The standard InChI is InChI=1S/C9H10N2O3S/c1-11(2)15(13,14)9-5-3-8(4-6-9)10-7-12/h3-6H,1-2H3. The number of hydrogen-bond acceptors (Lipinski definition) is 4. The van der Waals surface area contributed by atoms with E-state index in [1.807, 2.05) is 0 Å². The van der Waals surface area contributed by atoms with E-state index in [9.17, 15) is 13.2 Å². The van der Waals surface area contributed by atoms with Crippen molar-refractivity contribution in [3.8, 4) is 0 Å². The van der Waals surface area contributed by atoms with E-state index in [0.717, 1.165) is 4.31 Å². The molecule has 0 aliphatic heterocycles. The van der Waals surface area contributed by atoms with Crippen LogP contribution in [0.2, 0.25) is 0 Å². The van der Waals surface area contributed by atoms with Gasteiger partial charge in [0.15, 0.2) is 0 Å². The minimum absolute atomic E-state index is 0.164. The molecule has 0 saturated heterocycles. The summed E-state index contributed by atoms with van der Waals surface area (Å²) in [4.78, 5) is 13.5. The number of benzene rings is 1. The summed E-state index contributed by atoms with van der Waals surface area (Å²) in [5.41, 5.74) is 0.378. The van der Waals surface area contributed by atoms with E-state index in [-0.39, 0.29) is 4.90 Å². The van der Waals surface area contributed by atoms with Gasteiger partial charge in [-0.15, -0.1) is 0 Å². The largest absolute Gasteiger partial charge is 0.242 e. The predicted molar refractivity (Wildman–Crippen MR) is 55.1 cm³/mol. The minimum atomic E-state index is -3.42. The van der Waals surface area contributed by atoms with Crippen LogP contribution in [0.3, 0.4) is 0 Å². The molecule has 0 aliphatic rings. The quantitative estimate of drug-likeness (QED) is 0.568. The van der Waals surface area contributed by atoms with Crippen molar-refractivity contribution in [2.45, 2.75) is 4.90 Å². The highest BCUT2D eigenvalue weighted by molar-refractivity contribution is 7.89. The van der Waals surface area contributed by atoms with E-state index in [4.69, 9.17) is 0 Å². The third kappa shape index (κ3) is 2.50. The first-order chi connectivity index (χ1) is 6.98. The van der Waals surface area contributed by atoms with Gasteiger partial charge in [-0.1, -0.05) is 0 Å². The van der Waals surface area contributed by atoms with Crippen molar-refractivity contribution in [2.24, 2.45) is 4.99 Å². The molecule has 0 heterocycles. The molecule has 5 nitrogen and oxygen atoms in total. The molecule has 6 heteroatoms. The van der Waals surface area contributed by atoms with Gasteiger partial charge in [0.2, 0.25) is 16.1 Å². The lowest BCUT2D eigenvalue weighted by molar-refractivity contribution is 0.521. The molecular weight excluding hydrogens is 216 g/mol. The van der Waals surface area contributed by atoms with Crippen molar-refractivity contribution >= 4 is 21.8 Å². The Bertz CT molecular complexity index is 485. The lowest BCUT2D eigenvalue weighted by Gasteiger charge is -2.10. The van der Waals surface area contributed by atoms with E-state index < -0.39 is 10.0 Å². The number of nitrogens with zero attached hydrogens (tertiary/aromatic N) is 2. The number of aliphatic imine (C=N–C) groups is 1. The monoisotopic (exact) mass is 226 g/mol. The van der Waals surface area contributed by atoms with Gasteiger partial charge in [-0.25, -0.2) is 17.5 Å². The zero-order valence-electron chi connectivity index (χ0n) is 8.34. The van der Waals surface area contributed by atoms with Gasteiger partial charge in [-0.3, -0.25) is 0 Å². The predicted octanol–water partition coefficient (Wildman–Crippen LogP) is 0.904. The molecule has 0 aromatic heterocycles. The van der Waals surface area contributed by atoms with E-state index in [0.29, 0.717) is 5.69 Å². The molecule has 0 bridgehead atoms. The number of carbonyl (C=O) groups excluding carboxylic acids is 1. The molecule has 80 valence electrons.